The number of nitrogens with two attached hydrogens (primary N) is 1. The molecular weight excluding hydrogens is 218 g/mol. The van der Waals surface area contributed by atoms with E-state index in [9.17, 15) is 4.79 Å². The van der Waals surface area contributed by atoms with Crippen LogP contribution in [0.3, 0.4) is 0 Å². The van der Waals surface area contributed by atoms with E-state index in [4.69, 9.17) is 11.3 Å². The van der Waals surface area contributed by atoms with Crippen molar-refractivity contribution in [3.05, 3.63) is 52.2 Å². The molecule has 1 heterocycles. The molecule has 0 saturated carbocycles. The number of azide groups is 1. The summed E-state index contributed by atoms with van der Waals surface area (Å²) >= 11 is 0. The topological polar surface area (TPSA) is 108 Å². The lowest BCUT2D eigenvalue weighted by molar-refractivity contribution is -0.114. The number of hydrogen-bond acceptors (Lipinski definition) is 2. The maximum Gasteiger partial charge on any atom is 0.251 e. The molecule has 3 N–H and O–H groups in total. The zero-order chi connectivity index (χ0) is 12.3. The molecule has 17 heavy (non-hydrogen) atoms. The van der Waals surface area contributed by atoms with Crippen LogP contribution in [-0.2, 0) is 4.79 Å². The number of rotatable bonds is 3. The van der Waals surface area contributed by atoms with Gasteiger partial charge in [-0.3, -0.25) is 4.79 Å². The maximum absolute atomic E-state index is 11.0. The predicted octanol–water partition coefficient (Wildman–Crippen LogP) is 2.30. The van der Waals surface area contributed by atoms with Crippen molar-refractivity contribution in [3.63, 3.8) is 0 Å². The highest BCUT2D eigenvalue weighted by atomic mass is 16.1. The molecule has 1 amide bonds. The predicted molar refractivity (Wildman–Crippen MR) is 64.6 cm³/mol. The maximum atomic E-state index is 11.0. The number of fused-ring (bicyclic) bond motifs is 1. The third kappa shape index (κ3) is 2.11. The van der Waals surface area contributed by atoms with Crippen LogP contribution in [0.4, 0.5) is 0 Å². The molecule has 0 bridgehead atoms. The van der Waals surface area contributed by atoms with E-state index < -0.39 is 5.91 Å². The first-order valence-electron chi connectivity index (χ1n) is 4.85. The Morgan fingerprint density at radius 3 is 2.94 bits per heavy atom. The number of aromatic amines is 1. The van der Waals surface area contributed by atoms with Crippen molar-refractivity contribution >= 4 is 22.9 Å². The van der Waals surface area contributed by atoms with Crippen LogP contribution >= 0.6 is 0 Å². The zero-order valence-electron chi connectivity index (χ0n) is 8.79. The number of para-hydroxylation sites is 1. The van der Waals surface area contributed by atoms with Gasteiger partial charge in [-0.2, -0.15) is 0 Å². The van der Waals surface area contributed by atoms with Gasteiger partial charge in [-0.15, -0.1) is 0 Å². The van der Waals surface area contributed by atoms with Gasteiger partial charge >= 0.3 is 0 Å². The van der Waals surface area contributed by atoms with Gasteiger partial charge in [0.15, 0.2) is 0 Å². The molecule has 0 aliphatic rings. The number of amides is 1. The van der Waals surface area contributed by atoms with Gasteiger partial charge in [0.25, 0.3) is 5.91 Å². The third-order valence-electron chi connectivity index (χ3n) is 2.32. The monoisotopic (exact) mass is 227 g/mol. The van der Waals surface area contributed by atoms with Crippen LogP contribution in [0.15, 0.2) is 41.3 Å². The number of benzene rings is 1. The molecule has 0 aliphatic carbocycles. The number of carbonyl (C=O) groups excluding carboxylic acids is 1. The minimum atomic E-state index is -0.756. The molecule has 6 heteroatoms. The fourth-order valence-corrected chi connectivity index (χ4v) is 1.56. The first kappa shape index (κ1) is 10.8. The van der Waals surface area contributed by atoms with E-state index in [2.05, 4.69) is 15.0 Å². The number of aromatic nitrogens is 1. The van der Waals surface area contributed by atoms with Gasteiger partial charge in [-0.25, -0.2) is 0 Å². The first-order chi connectivity index (χ1) is 8.22. The Balaban J connectivity index is 2.57. The fourth-order valence-electron chi connectivity index (χ4n) is 1.56. The van der Waals surface area contributed by atoms with Gasteiger partial charge in [0.2, 0.25) is 0 Å². The fraction of sp³-hybridized carbons (Fsp3) is 0. The Morgan fingerprint density at radius 2 is 2.24 bits per heavy atom. The van der Waals surface area contributed by atoms with Crippen molar-refractivity contribution < 1.29 is 4.79 Å². The average molecular weight is 227 g/mol. The lowest BCUT2D eigenvalue weighted by Gasteiger charge is -1.94. The molecule has 1 aromatic heterocycles. The second kappa shape index (κ2) is 4.42. The van der Waals surface area contributed by atoms with Crippen molar-refractivity contribution in [1.29, 1.82) is 0 Å². The van der Waals surface area contributed by atoms with Crippen molar-refractivity contribution in [2.45, 2.75) is 0 Å². The summed E-state index contributed by atoms with van der Waals surface area (Å²) in [6, 6.07) is 7.58. The number of hydrogen-bond donors (Lipinski definition) is 2. The van der Waals surface area contributed by atoms with E-state index >= 15 is 0 Å². The van der Waals surface area contributed by atoms with Crippen LogP contribution in [0, 0.1) is 0 Å². The molecule has 2 aromatic rings. The van der Waals surface area contributed by atoms with Crippen LogP contribution in [0.1, 0.15) is 5.56 Å². The van der Waals surface area contributed by atoms with Crippen LogP contribution < -0.4 is 5.73 Å². The van der Waals surface area contributed by atoms with Crippen molar-refractivity contribution in [1.82, 2.24) is 4.98 Å². The standard InChI is InChI=1S/C11H9N5O/c12-11(17)10(15-16-13)5-7-6-14-9-4-2-1-3-8(7)9/h1-6,14H,(H2,12,17). The normalized spacial score (nSPS) is 11.2. The summed E-state index contributed by atoms with van der Waals surface area (Å²) in [6.07, 6.45) is 3.18. The van der Waals surface area contributed by atoms with Crippen molar-refractivity contribution in [2.24, 2.45) is 10.8 Å². The molecule has 2 rings (SSSR count). The second-order valence-electron chi connectivity index (χ2n) is 3.37. The van der Waals surface area contributed by atoms with E-state index in [0.717, 1.165) is 16.5 Å². The van der Waals surface area contributed by atoms with Gasteiger partial charge in [-0.05, 0) is 17.7 Å². The largest absolute Gasteiger partial charge is 0.366 e. The minimum Gasteiger partial charge on any atom is -0.366 e. The SMILES string of the molecule is [N-]=[N+]=NC(=Cc1c[nH]c2ccccc12)C(N)=O. The molecule has 1 aromatic carbocycles. The molecule has 0 atom stereocenters. The van der Waals surface area contributed by atoms with E-state index in [1.807, 2.05) is 24.3 Å². The molecule has 0 unspecified atom stereocenters. The van der Waals surface area contributed by atoms with Gasteiger partial charge in [0, 0.05) is 27.6 Å². The summed E-state index contributed by atoms with van der Waals surface area (Å²) in [6.45, 7) is 0. The highest BCUT2D eigenvalue weighted by molar-refractivity contribution is 5.99. The lowest BCUT2D eigenvalue weighted by atomic mass is 10.1. The molecule has 0 fully saturated rings. The summed E-state index contributed by atoms with van der Waals surface area (Å²) < 4.78 is 0. The van der Waals surface area contributed by atoms with Crippen LogP contribution in [-0.4, -0.2) is 10.9 Å². The smallest absolute Gasteiger partial charge is 0.251 e. The Bertz CT molecular complexity index is 645. The quantitative estimate of drug-likeness (QED) is 0.357. The Kier molecular flexibility index (Phi) is 2.81. The van der Waals surface area contributed by atoms with Crippen molar-refractivity contribution in [2.75, 3.05) is 0 Å². The van der Waals surface area contributed by atoms with E-state index in [-0.39, 0.29) is 5.70 Å². The van der Waals surface area contributed by atoms with E-state index in [1.165, 1.54) is 6.08 Å². The second-order valence-corrected chi connectivity index (χ2v) is 3.37. The number of H-pyrrole nitrogens is 1. The van der Waals surface area contributed by atoms with Crippen molar-refractivity contribution in [3.8, 4) is 0 Å². The number of carbonyl (C=O) groups is 1. The molecule has 6 nitrogen and oxygen atoms in total. The highest BCUT2D eigenvalue weighted by Crippen LogP contribution is 2.20. The van der Waals surface area contributed by atoms with Gasteiger partial charge in [-0.1, -0.05) is 23.3 Å². The number of nitrogens with one attached hydrogen (secondary N) is 1. The van der Waals surface area contributed by atoms with Gasteiger partial charge in [0.1, 0.15) is 5.70 Å². The average Bonchev–Trinajstić information content (AvgIpc) is 2.72. The summed E-state index contributed by atoms with van der Waals surface area (Å²) in [4.78, 5) is 16.6. The molecule has 84 valence electrons. The Morgan fingerprint density at radius 1 is 1.47 bits per heavy atom. The van der Waals surface area contributed by atoms with Gasteiger partial charge in [0.05, 0.1) is 0 Å². The summed E-state index contributed by atoms with van der Waals surface area (Å²) in [5.74, 6) is -0.756. The molecule has 0 saturated heterocycles. The molecular formula is C11H9N5O. The van der Waals surface area contributed by atoms with Crippen LogP contribution in [0.2, 0.25) is 0 Å². The van der Waals surface area contributed by atoms with E-state index in [0.29, 0.717) is 0 Å². The molecule has 0 radical (unpaired) electrons. The first-order valence-corrected chi connectivity index (χ1v) is 4.85. The lowest BCUT2D eigenvalue weighted by Crippen LogP contribution is -2.11. The summed E-state index contributed by atoms with van der Waals surface area (Å²) in [5, 5.41) is 4.19. The third-order valence-corrected chi connectivity index (χ3v) is 2.32. The summed E-state index contributed by atoms with van der Waals surface area (Å²) in [7, 11) is 0. The minimum absolute atomic E-state index is 0.114. The Labute approximate surface area is 96.4 Å². The van der Waals surface area contributed by atoms with Crippen LogP contribution in [0.25, 0.3) is 27.4 Å². The van der Waals surface area contributed by atoms with Gasteiger partial charge < -0.3 is 10.7 Å². The zero-order valence-corrected chi connectivity index (χ0v) is 8.79. The molecule has 0 aliphatic heterocycles. The number of nitrogens with zero attached hydrogens (tertiary/aromatic N) is 3. The molecule has 0 spiro atoms. The van der Waals surface area contributed by atoms with E-state index in [1.54, 1.807) is 6.20 Å². The highest BCUT2D eigenvalue weighted by Gasteiger charge is 2.05. The van der Waals surface area contributed by atoms with Crippen LogP contribution in [0.5, 0.6) is 0 Å². The number of primary amides is 1. The Hall–Kier alpha value is -2.72. The summed E-state index contributed by atoms with van der Waals surface area (Å²) in [5.41, 5.74) is 15.0.